The summed E-state index contributed by atoms with van der Waals surface area (Å²) in [5.41, 5.74) is 2.14. The topological polar surface area (TPSA) is 59.5 Å². The number of ether oxygens (including phenoxy) is 1. The molecule has 0 N–H and O–H groups in total. The van der Waals surface area contributed by atoms with Crippen molar-refractivity contribution in [2.75, 3.05) is 4.90 Å². The summed E-state index contributed by atoms with van der Waals surface area (Å²) in [7, 11) is 0. The molecule has 1 aliphatic rings. The van der Waals surface area contributed by atoms with Crippen LogP contribution in [0.25, 0.3) is 10.8 Å². The highest BCUT2D eigenvalue weighted by Crippen LogP contribution is 2.43. The van der Waals surface area contributed by atoms with Crippen LogP contribution in [0.15, 0.2) is 89.7 Å². The average molecular weight is 459 g/mol. The van der Waals surface area contributed by atoms with Gasteiger partial charge in [0, 0.05) is 16.2 Å². The highest BCUT2D eigenvalue weighted by Gasteiger charge is 2.39. The minimum Gasteiger partial charge on any atom is -0.419 e. The number of pyridine rings is 1. The maximum atomic E-state index is 13.2. The van der Waals surface area contributed by atoms with Gasteiger partial charge in [0.15, 0.2) is 0 Å². The molecule has 1 aromatic heterocycles. The Morgan fingerprint density at radius 2 is 1.70 bits per heavy atom. The van der Waals surface area contributed by atoms with Crippen LogP contribution in [0.2, 0.25) is 0 Å². The minimum atomic E-state index is -0.921. The molecule has 2 heterocycles. The summed E-state index contributed by atoms with van der Waals surface area (Å²) in [5, 5.41) is 1.91. The van der Waals surface area contributed by atoms with Crippen LogP contribution in [0.1, 0.15) is 17.2 Å². The Kier molecular flexibility index (Phi) is 4.56. The van der Waals surface area contributed by atoms with Crippen molar-refractivity contribution in [3.05, 3.63) is 101 Å². The number of hydrogen-bond acceptors (Lipinski definition) is 4. The number of hydrogen-bond donors (Lipinski definition) is 0. The normalized spacial score (nSPS) is 16.2. The second-order valence-corrected chi connectivity index (χ2v) is 7.84. The van der Waals surface area contributed by atoms with Gasteiger partial charge in [0.1, 0.15) is 5.75 Å². The van der Waals surface area contributed by atoms with Crippen molar-refractivity contribution in [2.24, 2.45) is 0 Å². The fourth-order valence-corrected chi connectivity index (χ4v) is 4.12. The van der Waals surface area contributed by atoms with Crippen molar-refractivity contribution in [3.63, 3.8) is 0 Å². The summed E-state index contributed by atoms with van der Waals surface area (Å²) < 4.78 is 6.47. The number of benzene rings is 3. The maximum absolute atomic E-state index is 13.2. The maximum Gasteiger partial charge on any atom is 0.402 e. The fraction of sp³-hybridized carbons (Fsp3) is 0.0417. The molecule has 0 saturated heterocycles. The van der Waals surface area contributed by atoms with Gasteiger partial charge in [-0.25, -0.2) is 4.79 Å². The van der Waals surface area contributed by atoms with Crippen LogP contribution >= 0.6 is 15.9 Å². The zero-order valence-electron chi connectivity index (χ0n) is 15.7. The van der Waals surface area contributed by atoms with E-state index in [1.54, 1.807) is 30.6 Å². The summed E-state index contributed by atoms with van der Waals surface area (Å²) in [6, 6.07) is 22.1. The molecule has 6 heteroatoms. The molecule has 1 aliphatic heterocycles. The third kappa shape index (κ3) is 3.06. The molecule has 0 radical (unpaired) electrons. The van der Waals surface area contributed by atoms with Gasteiger partial charge in [-0.1, -0.05) is 58.4 Å². The van der Waals surface area contributed by atoms with Gasteiger partial charge in [-0.3, -0.25) is 14.7 Å². The number of fused-ring (bicyclic) bond motifs is 3. The van der Waals surface area contributed by atoms with E-state index in [0.29, 0.717) is 11.4 Å². The number of aromatic nitrogens is 1. The van der Waals surface area contributed by atoms with Crippen molar-refractivity contribution in [2.45, 2.75) is 6.04 Å². The monoisotopic (exact) mass is 458 g/mol. The van der Waals surface area contributed by atoms with E-state index in [4.69, 9.17) is 4.74 Å². The number of anilines is 1. The van der Waals surface area contributed by atoms with Crippen molar-refractivity contribution in [1.29, 1.82) is 0 Å². The van der Waals surface area contributed by atoms with E-state index >= 15 is 0 Å². The van der Waals surface area contributed by atoms with Gasteiger partial charge in [0.2, 0.25) is 0 Å². The van der Waals surface area contributed by atoms with Gasteiger partial charge in [-0.15, -0.1) is 0 Å². The Hall–Kier alpha value is -3.51. The van der Waals surface area contributed by atoms with Crippen LogP contribution in [0.5, 0.6) is 5.75 Å². The van der Waals surface area contributed by atoms with Gasteiger partial charge in [0.25, 0.3) is 0 Å². The van der Waals surface area contributed by atoms with Crippen molar-refractivity contribution in [1.82, 2.24) is 4.98 Å². The van der Waals surface area contributed by atoms with E-state index in [0.717, 1.165) is 26.4 Å². The minimum absolute atomic E-state index is 0.381. The zero-order chi connectivity index (χ0) is 20.7. The SMILES string of the molecule is O=C1Oc2ccc3ccccc3c2C(c2ccc(Br)cc2)N(c2cccnc2)C1=O. The number of amides is 1. The molecule has 0 spiro atoms. The first kappa shape index (κ1) is 18.5. The highest BCUT2D eigenvalue weighted by molar-refractivity contribution is 9.10. The van der Waals surface area contributed by atoms with Crippen LogP contribution < -0.4 is 9.64 Å². The Morgan fingerprint density at radius 3 is 2.47 bits per heavy atom. The fourth-order valence-electron chi connectivity index (χ4n) is 3.86. The summed E-state index contributed by atoms with van der Waals surface area (Å²) >= 11 is 3.47. The van der Waals surface area contributed by atoms with E-state index in [2.05, 4.69) is 20.9 Å². The van der Waals surface area contributed by atoms with E-state index < -0.39 is 17.9 Å². The number of esters is 1. The Bertz CT molecular complexity index is 1270. The molecule has 4 aromatic rings. The van der Waals surface area contributed by atoms with Crippen LogP contribution in [0, 0.1) is 0 Å². The second kappa shape index (κ2) is 7.39. The molecular weight excluding hydrogens is 444 g/mol. The summed E-state index contributed by atoms with van der Waals surface area (Å²) in [4.78, 5) is 31.5. The first-order valence-corrected chi connectivity index (χ1v) is 10.2. The third-order valence-electron chi connectivity index (χ3n) is 5.17. The van der Waals surface area contributed by atoms with E-state index in [1.807, 2.05) is 54.6 Å². The van der Waals surface area contributed by atoms with Crippen molar-refractivity contribution in [3.8, 4) is 5.75 Å². The molecule has 0 bridgehead atoms. The first-order chi connectivity index (χ1) is 14.6. The molecule has 146 valence electrons. The second-order valence-electron chi connectivity index (χ2n) is 6.93. The van der Waals surface area contributed by atoms with Gasteiger partial charge in [-0.2, -0.15) is 0 Å². The largest absolute Gasteiger partial charge is 0.419 e. The Labute approximate surface area is 181 Å². The van der Waals surface area contributed by atoms with Crippen LogP contribution in [-0.2, 0) is 9.59 Å². The Balaban J connectivity index is 1.87. The summed E-state index contributed by atoms with van der Waals surface area (Å²) in [5.74, 6) is -1.28. The third-order valence-corrected chi connectivity index (χ3v) is 5.70. The quantitative estimate of drug-likeness (QED) is 0.240. The molecule has 1 atom stereocenters. The predicted molar refractivity (Wildman–Crippen MR) is 117 cm³/mol. The molecule has 0 saturated carbocycles. The first-order valence-electron chi connectivity index (χ1n) is 9.36. The number of carbonyl (C=O) groups is 2. The van der Waals surface area contributed by atoms with E-state index in [-0.39, 0.29) is 0 Å². The summed E-state index contributed by atoms with van der Waals surface area (Å²) in [6.45, 7) is 0. The van der Waals surface area contributed by atoms with Gasteiger partial charge >= 0.3 is 11.9 Å². The lowest BCUT2D eigenvalue weighted by Crippen LogP contribution is -2.39. The zero-order valence-corrected chi connectivity index (χ0v) is 17.2. The van der Waals surface area contributed by atoms with Gasteiger partial charge in [0.05, 0.1) is 17.9 Å². The van der Waals surface area contributed by atoms with Crippen LogP contribution in [0.3, 0.4) is 0 Å². The standard InChI is InChI=1S/C24H15BrN2O3/c25-17-10-7-16(8-11-17)22-21-19-6-2-1-4-15(19)9-12-20(21)30-24(29)23(28)27(22)18-5-3-13-26-14-18/h1-14,22H. The molecule has 3 aromatic carbocycles. The smallest absolute Gasteiger partial charge is 0.402 e. The lowest BCUT2D eigenvalue weighted by Gasteiger charge is -2.30. The number of nitrogens with zero attached hydrogens (tertiary/aromatic N) is 2. The molecule has 0 aliphatic carbocycles. The average Bonchev–Trinajstić information content (AvgIpc) is 2.89. The number of halogens is 1. The Morgan fingerprint density at radius 1 is 0.900 bits per heavy atom. The van der Waals surface area contributed by atoms with E-state index in [1.165, 1.54) is 4.90 Å². The van der Waals surface area contributed by atoms with Gasteiger partial charge < -0.3 is 4.74 Å². The van der Waals surface area contributed by atoms with Crippen LogP contribution in [0.4, 0.5) is 5.69 Å². The van der Waals surface area contributed by atoms with E-state index in [9.17, 15) is 9.59 Å². The lowest BCUT2D eigenvalue weighted by molar-refractivity contribution is -0.146. The molecule has 30 heavy (non-hydrogen) atoms. The van der Waals surface area contributed by atoms with Crippen molar-refractivity contribution >= 4 is 44.3 Å². The van der Waals surface area contributed by atoms with Crippen LogP contribution in [-0.4, -0.2) is 16.9 Å². The molecule has 1 unspecified atom stereocenters. The highest BCUT2D eigenvalue weighted by atomic mass is 79.9. The predicted octanol–water partition coefficient (Wildman–Crippen LogP) is 5.04. The molecule has 5 nitrogen and oxygen atoms in total. The summed E-state index contributed by atoms with van der Waals surface area (Å²) in [6.07, 6.45) is 3.20. The number of carbonyl (C=O) groups excluding carboxylic acids is 2. The lowest BCUT2D eigenvalue weighted by atomic mass is 9.91. The number of rotatable bonds is 2. The molecule has 1 amide bonds. The van der Waals surface area contributed by atoms with Gasteiger partial charge in [-0.05, 0) is 46.7 Å². The van der Waals surface area contributed by atoms with Crippen molar-refractivity contribution < 1.29 is 14.3 Å². The molecule has 5 rings (SSSR count). The molecule has 0 fully saturated rings. The molecular formula is C24H15BrN2O3.